The zero-order valence-corrected chi connectivity index (χ0v) is 15.9. The second-order valence-electron chi connectivity index (χ2n) is 7.73. The Balaban J connectivity index is 1.18. The maximum Gasteiger partial charge on any atom is 0.223 e. The van der Waals surface area contributed by atoms with Gasteiger partial charge >= 0.3 is 0 Å². The third-order valence-electron chi connectivity index (χ3n) is 6.08. The molecule has 3 fully saturated rings. The van der Waals surface area contributed by atoms with Crippen LogP contribution < -0.4 is 4.90 Å². The molecule has 146 valence electrons. The number of amides is 2. The van der Waals surface area contributed by atoms with Crippen molar-refractivity contribution in [3.63, 3.8) is 0 Å². The van der Waals surface area contributed by atoms with E-state index in [1.807, 2.05) is 28.0 Å². The Morgan fingerprint density at radius 1 is 0.926 bits per heavy atom. The Morgan fingerprint density at radius 3 is 2.30 bits per heavy atom. The van der Waals surface area contributed by atoms with E-state index in [-0.39, 0.29) is 11.8 Å². The van der Waals surface area contributed by atoms with E-state index >= 15 is 0 Å². The molecule has 7 heteroatoms. The van der Waals surface area contributed by atoms with Crippen molar-refractivity contribution in [2.24, 2.45) is 0 Å². The average Bonchev–Trinajstić information content (AvgIpc) is 3.15. The van der Waals surface area contributed by atoms with Gasteiger partial charge in [-0.1, -0.05) is 6.07 Å². The molecule has 4 heterocycles. The van der Waals surface area contributed by atoms with Gasteiger partial charge in [-0.05, 0) is 38.1 Å². The van der Waals surface area contributed by atoms with E-state index in [9.17, 15) is 9.59 Å². The summed E-state index contributed by atoms with van der Waals surface area (Å²) in [5.74, 6) is 1.20. The Kier molecular flexibility index (Phi) is 5.57. The molecule has 0 bridgehead atoms. The monoisotopic (exact) mass is 371 g/mol. The number of rotatable bonds is 5. The van der Waals surface area contributed by atoms with Gasteiger partial charge < -0.3 is 14.7 Å². The predicted molar refractivity (Wildman–Crippen MR) is 103 cm³/mol. The molecule has 1 atom stereocenters. The van der Waals surface area contributed by atoms with Crippen LogP contribution >= 0.6 is 0 Å². The van der Waals surface area contributed by atoms with Crippen LogP contribution in [0.3, 0.4) is 0 Å². The van der Waals surface area contributed by atoms with Gasteiger partial charge in [-0.15, -0.1) is 0 Å². The van der Waals surface area contributed by atoms with Crippen molar-refractivity contribution in [2.45, 2.75) is 31.7 Å². The number of likely N-dealkylation sites (tertiary alicyclic amines) is 2. The largest absolute Gasteiger partial charge is 0.353 e. The van der Waals surface area contributed by atoms with Crippen molar-refractivity contribution in [1.82, 2.24) is 19.7 Å². The summed E-state index contributed by atoms with van der Waals surface area (Å²) < 4.78 is 0. The lowest BCUT2D eigenvalue weighted by atomic mass is 10.1. The maximum absolute atomic E-state index is 12.5. The van der Waals surface area contributed by atoms with Crippen molar-refractivity contribution < 1.29 is 9.59 Å². The third kappa shape index (κ3) is 4.24. The van der Waals surface area contributed by atoms with Crippen LogP contribution in [0.1, 0.15) is 25.7 Å². The molecular weight excluding hydrogens is 342 g/mol. The molecular formula is C20H29N5O2. The number of carbonyl (C=O) groups is 2. The number of piperazine rings is 1. The fourth-order valence-corrected chi connectivity index (χ4v) is 4.23. The minimum Gasteiger partial charge on any atom is -0.353 e. The van der Waals surface area contributed by atoms with E-state index in [0.29, 0.717) is 32.0 Å². The Bertz CT molecular complexity index is 656. The van der Waals surface area contributed by atoms with Gasteiger partial charge in [0.15, 0.2) is 0 Å². The summed E-state index contributed by atoms with van der Waals surface area (Å²) in [4.78, 5) is 37.9. The van der Waals surface area contributed by atoms with Gasteiger partial charge in [-0.3, -0.25) is 14.5 Å². The van der Waals surface area contributed by atoms with E-state index in [2.05, 4.69) is 14.8 Å². The first-order valence-corrected chi connectivity index (χ1v) is 10.2. The molecule has 3 aliphatic heterocycles. The van der Waals surface area contributed by atoms with Crippen molar-refractivity contribution in [3.8, 4) is 0 Å². The van der Waals surface area contributed by atoms with Crippen LogP contribution in [0.25, 0.3) is 0 Å². The molecule has 3 aliphatic rings. The second kappa shape index (κ2) is 8.25. The Hall–Kier alpha value is -2.15. The molecule has 2 amide bonds. The molecule has 1 aromatic heterocycles. The van der Waals surface area contributed by atoms with Gasteiger partial charge in [-0.2, -0.15) is 0 Å². The van der Waals surface area contributed by atoms with Gasteiger partial charge in [0.25, 0.3) is 0 Å². The molecule has 0 spiro atoms. The van der Waals surface area contributed by atoms with Gasteiger partial charge in [0, 0.05) is 64.3 Å². The molecule has 1 unspecified atom stereocenters. The van der Waals surface area contributed by atoms with Crippen LogP contribution in [0.15, 0.2) is 24.4 Å². The first-order chi connectivity index (χ1) is 13.2. The van der Waals surface area contributed by atoms with E-state index < -0.39 is 0 Å². The topological polar surface area (TPSA) is 60.0 Å². The minimum absolute atomic E-state index is 0.0995. The van der Waals surface area contributed by atoms with Gasteiger partial charge in [0.1, 0.15) is 5.82 Å². The van der Waals surface area contributed by atoms with Crippen LogP contribution in [0.5, 0.6) is 0 Å². The molecule has 3 saturated heterocycles. The molecule has 0 saturated carbocycles. The predicted octanol–water partition coefficient (Wildman–Crippen LogP) is 0.817. The molecule has 0 radical (unpaired) electrons. The quantitative estimate of drug-likeness (QED) is 0.767. The number of anilines is 1. The van der Waals surface area contributed by atoms with Gasteiger partial charge in [0.2, 0.25) is 11.8 Å². The summed E-state index contributed by atoms with van der Waals surface area (Å²) in [6, 6.07) is 6.43. The van der Waals surface area contributed by atoms with E-state index in [4.69, 9.17) is 0 Å². The van der Waals surface area contributed by atoms with E-state index in [1.165, 1.54) is 19.5 Å². The molecule has 0 N–H and O–H groups in total. The summed E-state index contributed by atoms with van der Waals surface area (Å²) in [6.45, 7) is 7.02. The highest BCUT2D eigenvalue weighted by Gasteiger charge is 2.32. The molecule has 1 aromatic rings. The second-order valence-corrected chi connectivity index (χ2v) is 7.73. The van der Waals surface area contributed by atoms with Crippen LogP contribution in [0, 0.1) is 0 Å². The average molecular weight is 371 g/mol. The molecule has 27 heavy (non-hydrogen) atoms. The number of nitrogens with zero attached hydrogens (tertiary/aromatic N) is 5. The molecule has 0 aliphatic carbocycles. The molecule has 0 aromatic carbocycles. The lowest BCUT2D eigenvalue weighted by Gasteiger charge is -2.36. The van der Waals surface area contributed by atoms with Gasteiger partial charge in [-0.25, -0.2) is 4.98 Å². The van der Waals surface area contributed by atoms with Crippen LogP contribution in [0.4, 0.5) is 5.82 Å². The van der Waals surface area contributed by atoms with Crippen molar-refractivity contribution >= 4 is 17.6 Å². The van der Waals surface area contributed by atoms with Crippen LogP contribution in [-0.2, 0) is 9.59 Å². The Morgan fingerprint density at radius 2 is 1.67 bits per heavy atom. The smallest absolute Gasteiger partial charge is 0.223 e. The van der Waals surface area contributed by atoms with E-state index in [1.54, 1.807) is 6.20 Å². The fraction of sp³-hybridized carbons (Fsp3) is 0.650. The highest BCUT2D eigenvalue weighted by atomic mass is 16.2. The lowest BCUT2D eigenvalue weighted by Crippen LogP contribution is -2.49. The van der Waals surface area contributed by atoms with Crippen molar-refractivity contribution in [2.75, 3.05) is 57.3 Å². The summed E-state index contributed by atoms with van der Waals surface area (Å²) >= 11 is 0. The normalized spacial score (nSPS) is 23.4. The highest BCUT2D eigenvalue weighted by molar-refractivity contribution is 5.84. The summed E-state index contributed by atoms with van der Waals surface area (Å²) in [7, 11) is 0. The van der Waals surface area contributed by atoms with Crippen molar-refractivity contribution in [1.29, 1.82) is 0 Å². The summed E-state index contributed by atoms with van der Waals surface area (Å²) in [5.41, 5.74) is 0. The number of hydrogen-bond donors (Lipinski definition) is 0. The lowest BCUT2D eigenvalue weighted by molar-refractivity contribution is -0.136. The molecule has 4 rings (SSSR count). The first kappa shape index (κ1) is 18.2. The highest BCUT2D eigenvalue weighted by Crippen LogP contribution is 2.21. The SMILES string of the molecule is O=C(CCC(=O)N1CCC(N2CCC2)C1)N1CCN(c2ccccn2)CC1. The number of hydrogen-bond acceptors (Lipinski definition) is 5. The Labute approximate surface area is 160 Å². The van der Waals surface area contributed by atoms with Crippen molar-refractivity contribution in [3.05, 3.63) is 24.4 Å². The summed E-state index contributed by atoms with van der Waals surface area (Å²) in [6.07, 6.45) is 4.82. The van der Waals surface area contributed by atoms with E-state index in [0.717, 1.165) is 38.4 Å². The zero-order chi connectivity index (χ0) is 18.6. The standard InChI is InChI=1S/C20H29N5O2/c26-19(24-14-12-23(13-15-24)18-4-1-2-8-21-18)5-6-20(27)25-11-7-17(16-25)22-9-3-10-22/h1-2,4,8,17H,3,5-7,9-16H2. The number of carbonyl (C=O) groups excluding carboxylic acids is 2. The third-order valence-corrected chi connectivity index (χ3v) is 6.08. The maximum atomic E-state index is 12.5. The molecule has 7 nitrogen and oxygen atoms in total. The zero-order valence-electron chi connectivity index (χ0n) is 15.9. The number of pyridine rings is 1. The van der Waals surface area contributed by atoms with Crippen LogP contribution in [0.2, 0.25) is 0 Å². The van der Waals surface area contributed by atoms with Gasteiger partial charge in [0.05, 0.1) is 0 Å². The minimum atomic E-state index is 0.0995. The number of aromatic nitrogens is 1. The first-order valence-electron chi connectivity index (χ1n) is 10.2. The fourth-order valence-electron chi connectivity index (χ4n) is 4.23. The van der Waals surface area contributed by atoms with Crippen LogP contribution in [-0.4, -0.2) is 89.9 Å². The summed E-state index contributed by atoms with van der Waals surface area (Å²) in [5, 5.41) is 0.